The first kappa shape index (κ1) is 15.0. The lowest BCUT2D eigenvalue weighted by atomic mass is 9.92. The van der Waals surface area contributed by atoms with Crippen LogP contribution in [0.3, 0.4) is 0 Å². The molecule has 0 N–H and O–H groups in total. The van der Waals surface area contributed by atoms with Crippen molar-refractivity contribution in [1.29, 1.82) is 0 Å². The number of nitrogens with zero attached hydrogens (tertiary/aromatic N) is 1. The normalized spacial score (nSPS) is 20.6. The smallest absolute Gasteiger partial charge is 0.000964 e. The molecule has 17 heavy (non-hydrogen) atoms. The highest BCUT2D eigenvalue weighted by Gasteiger charge is 2.13. The van der Waals surface area contributed by atoms with Gasteiger partial charge in [0.05, 0.1) is 0 Å². The molecule has 0 aromatic rings. The van der Waals surface area contributed by atoms with Gasteiger partial charge in [0.15, 0.2) is 0 Å². The average Bonchev–Trinajstić information content (AvgIpc) is 2.36. The average molecular weight is 238 g/mol. The van der Waals surface area contributed by atoms with Crippen molar-refractivity contribution >= 4 is 0 Å². The van der Waals surface area contributed by atoms with Gasteiger partial charge in [-0.3, -0.25) is 0 Å². The zero-order valence-electron chi connectivity index (χ0n) is 12.1. The minimum absolute atomic E-state index is 0.930. The molecule has 1 heteroatoms. The Kier molecular flexibility index (Phi) is 8.78. The number of hydrogen-bond acceptors (Lipinski definition) is 1. The summed E-state index contributed by atoms with van der Waals surface area (Å²) in [5.74, 6) is 0.930. The van der Waals surface area contributed by atoms with Crippen LogP contribution in [0.15, 0.2) is 0 Å². The Labute approximate surface area is 109 Å². The van der Waals surface area contributed by atoms with Gasteiger partial charge in [-0.15, -0.1) is 0 Å². The maximum atomic E-state index is 2.64. The Morgan fingerprint density at radius 1 is 1.06 bits per heavy atom. The fraction of sp³-hybridized carbons (Fsp3) is 0.938. The molecule has 1 fully saturated rings. The molecule has 1 rings (SSSR count). The van der Waals surface area contributed by atoms with Gasteiger partial charge in [0.2, 0.25) is 0 Å². The van der Waals surface area contributed by atoms with E-state index in [4.69, 9.17) is 0 Å². The molecule has 101 valence electrons. The quantitative estimate of drug-likeness (QED) is 0.672. The summed E-state index contributed by atoms with van der Waals surface area (Å²) in [7, 11) is 0. The van der Waals surface area contributed by atoms with Crippen LogP contribution in [0.2, 0.25) is 0 Å². The molecule has 0 amide bonds. The third kappa shape index (κ3) is 7.08. The van der Waals surface area contributed by atoms with Crippen LogP contribution in [0.25, 0.3) is 0 Å². The van der Waals surface area contributed by atoms with Crippen molar-refractivity contribution in [3.63, 3.8) is 0 Å². The van der Waals surface area contributed by atoms with E-state index in [2.05, 4.69) is 25.2 Å². The summed E-state index contributed by atoms with van der Waals surface area (Å²) >= 11 is 0. The first-order chi connectivity index (χ1) is 8.36. The Morgan fingerprint density at radius 2 is 1.82 bits per heavy atom. The van der Waals surface area contributed by atoms with Crippen molar-refractivity contribution < 1.29 is 0 Å². The number of rotatable bonds is 5. The summed E-state index contributed by atoms with van der Waals surface area (Å²) in [5, 5.41) is 0. The van der Waals surface area contributed by atoms with Crippen LogP contribution in [-0.4, -0.2) is 24.5 Å². The van der Waals surface area contributed by atoms with Crippen LogP contribution in [0.5, 0.6) is 0 Å². The lowest BCUT2D eigenvalue weighted by Crippen LogP contribution is -2.30. The van der Waals surface area contributed by atoms with E-state index in [0.29, 0.717) is 0 Å². The molecule has 0 bridgehead atoms. The van der Waals surface area contributed by atoms with Crippen LogP contribution in [0.1, 0.15) is 71.6 Å². The second-order valence-corrected chi connectivity index (χ2v) is 5.63. The maximum absolute atomic E-state index is 2.64. The number of hydrogen-bond donors (Lipinski definition) is 0. The van der Waals surface area contributed by atoms with Crippen LogP contribution >= 0.6 is 0 Å². The Balaban J connectivity index is 2.30. The molecule has 1 nitrogen and oxygen atoms in total. The molecule has 0 saturated heterocycles. The molecule has 1 radical (unpaired) electrons. The minimum atomic E-state index is 0.930. The fourth-order valence-electron chi connectivity index (χ4n) is 2.95. The van der Waals surface area contributed by atoms with Gasteiger partial charge in [-0.1, -0.05) is 52.4 Å². The largest absolute Gasteiger partial charge is 0.303 e. The Hall–Kier alpha value is -0.0400. The van der Waals surface area contributed by atoms with Crippen LogP contribution in [-0.2, 0) is 0 Å². The molecule has 0 aromatic heterocycles. The van der Waals surface area contributed by atoms with Crippen LogP contribution in [0.4, 0.5) is 0 Å². The van der Waals surface area contributed by atoms with Gasteiger partial charge in [-0.05, 0) is 44.7 Å². The van der Waals surface area contributed by atoms with Crippen molar-refractivity contribution in [3.05, 3.63) is 6.42 Å². The van der Waals surface area contributed by atoms with E-state index in [0.717, 1.165) is 5.92 Å². The summed E-state index contributed by atoms with van der Waals surface area (Å²) in [6, 6.07) is 0. The predicted octanol–water partition coefficient (Wildman–Crippen LogP) is 4.67. The lowest BCUT2D eigenvalue weighted by Gasteiger charge is -2.26. The third-order valence-corrected chi connectivity index (χ3v) is 4.02. The molecule has 0 spiro atoms. The summed E-state index contributed by atoms with van der Waals surface area (Å²) in [5.41, 5.74) is 0. The fourth-order valence-corrected chi connectivity index (χ4v) is 2.95. The molecule has 1 aliphatic rings. The van der Waals surface area contributed by atoms with Gasteiger partial charge in [-0.25, -0.2) is 0 Å². The van der Waals surface area contributed by atoms with Gasteiger partial charge >= 0.3 is 0 Å². The van der Waals surface area contributed by atoms with Crippen LogP contribution in [0, 0.1) is 12.3 Å². The van der Waals surface area contributed by atoms with Gasteiger partial charge in [0.1, 0.15) is 0 Å². The first-order valence-electron chi connectivity index (χ1n) is 7.90. The monoisotopic (exact) mass is 238 g/mol. The Bertz CT molecular complexity index is 157. The lowest BCUT2D eigenvalue weighted by molar-refractivity contribution is 0.228. The molecular weight excluding hydrogens is 206 g/mol. The maximum Gasteiger partial charge on any atom is 0.000964 e. The van der Waals surface area contributed by atoms with Crippen LogP contribution < -0.4 is 0 Å². The van der Waals surface area contributed by atoms with Crippen molar-refractivity contribution in [3.8, 4) is 0 Å². The summed E-state index contributed by atoms with van der Waals surface area (Å²) in [6.07, 6.45) is 15.3. The minimum Gasteiger partial charge on any atom is -0.303 e. The van der Waals surface area contributed by atoms with E-state index in [1.807, 2.05) is 0 Å². The zero-order chi connectivity index (χ0) is 12.3. The van der Waals surface area contributed by atoms with Gasteiger partial charge in [0, 0.05) is 6.54 Å². The zero-order valence-corrected chi connectivity index (χ0v) is 12.1. The van der Waals surface area contributed by atoms with E-state index in [-0.39, 0.29) is 0 Å². The van der Waals surface area contributed by atoms with Crippen molar-refractivity contribution in [2.45, 2.75) is 71.6 Å². The second-order valence-electron chi connectivity index (χ2n) is 5.63. The third-order valence-electron chi connectivity index (χ3n) is 4.02. The predicted molar refractivity (Wildman–Crippen MR) is 77.1 cm³/mol. The van der Waals surface area contributed by atoms with E-state index in [1.165, 1.54) is 77.4 Å². The first-order valence-corrected chi connectivity index (χ1v) is 7.90. The molecular formula is C16H32N. The molecule has 1 atom stereocenters. The molecule has 0 heterocycles. The van der Waals surface area contributed by atoms with Crippen molar-refractivity contribution in [2.24, 2.45) is 5.92 Å². The summed E-state index contributed by atoms with van der Waals surface area (Å²) in [4.78, 5) is 2.64. The van der Waals surface area contributed by atoms with Crippen molar-refractivity contribution in [1.82, 2.24) is 4.90 Å². The highest BCUT2D eigenvalue weighted by molar-refractivity contribution is 4.75. The molecule has 1 saturated carbocycles. The van der Waals surface area contributed by atoms with E-state index in [1.54, 1.807) is 0 Å². The molecule has 1 aliphatic carbocycles. The SMILES string of the molecule is CCCN(CC)CC1C[CH]CCCCCCC1. The summed E-state index contributed by atoms with van der Waals surface area (Å²) in [6.45, 7) is 8.44. The van der Waals surface area contributed by atoms with Gasteiger partial charge < -0.3 is 4.90 Å². The Morgan fingerprint density at radius 3 is 2.59 bits per heavy atom. The van der Waals surface area contributed by atoms with Crippen molar-refractivity contribution in [2.75, 3.05) is 19.6 Å². The second kappa shape index (κ2) is 9.94. The molecule has 0 aliphatic heterocycles. The molecule has 0 aromatic carbocycles. The summed E-state index contributed by atoms with van der Waals surface area (Å²) < 4.78 is 0. The van der Waals surface area contributed by atoms with E-state index in [9.17, 15) is 0 Å². The standard InChI is InChI=1S/C16H32N/c1-3-14-17(4-2)15-16-12-10-8-6-5-7-9-11-13-16/h10,16H,3-9,11-15H2,1-2H3. The van der Waals surface area contributed by atoms with E-state index < -0.39 is 0 Å². The van der Waals surface area contributed by atoms with Gasteiger partial charge in [0.25, 0.3) is 0 Å². The highest BCUT2D eigenvalue weighted by atomic mass is 15.1. The molecule has 1 unspecified atom stereocenters. The highest BCUT2D eigenvalue weighted by Crippen LogP contribution is 2.21. The van der Waals surface area contributed by atoms with Gasteiger partial charge in [-0.2, -0.15) is 0 Å². The van der Waals surface area contributed by atoms with E-state index >= 15 is 0 Å². The topological polar surface area (TPSA) is 3.24 Å².